The van der Waals surface area contributed by atoms with Gasteiger partial charge in [0.2, 0.25) is 11.8 Å². The Bertz CT molecular complexity index is 1450. The van der Waals surface area contributed by atoms with Crippen LogP contribution in [0.15, 0.2) is 71.6 Å². The summed E-state index contributed by atoms with van der Waals surface area (Å²) in [5.41, 5.74) is 3.68. The number of anilines is 1. The van der Waals surface area contributed by atoms with Gasteiger partial charge in [0, 0.05) is 13.1 Å². The van der Waals surface area contributed by atoms with Gasteiger partial charge in [0.25, 0.3) is 10.0 Å². The number of nitrogens with zero attached hydrogens (tertiary/aromatic N) is 2. The molecule has 0 unspecified atom stereocenters. The number of carbonyl (C=O) groups excluding carboxylic acids is 2. The maximum atomic E-state index is 14.2. The summed E-state index contributed by atoms with van der Waals surface area (Å²) in [7, 11) is -2.56. The van der Waals surface area contributed by atoms with Gasteiger partial charge in [-0.25, -0.2) is 8.42 Å². The molecule has 0 aliphatic rings. The average molecular weight is 580 g/mol. The van der Waals surface area contributed by atoms with Crippen LogP contribution in [-0.2, 0) is 26.2 Å². The molecule has 8 nitrogen and oxygen atoms in total. The lowest BCUT2D eigenvalue weighted by Gasteiger charge is -2.33. The molecule has 0 radical (unpaired) electrons. The first-order valence-electron chi connectivity index (χ1n) is 13.9. The molecule has 1 N–H and O–H groups in total. The lowest BCUT2D eigenvalue weighted by Crippen LogP contribution is -2.52. The van der Waals surface area contributed by atoms with E-state index >= 15 is 0 Å². The molecule has 0 saturated carbocycles. The van der Waals surface area contributed by atoms with E-state index in [2.05, 4.69) is 5.32 Å². The van der Waals surface area contributed by atoms with Gasteiger partial charge in [-0.1, -0.05) is 55.8 Å². The number of benzene rings is 3. The minimum Gasteiger partial charge on any atom is -0.497 e. The zero-order valence-electron chi connectivity index (χ0n) is 24.8. The van der Waals surface area contributed by atoms with Crippen LogP contribution in [0.3, 0.4) is 0 Å². The van der Waals surface area contributed by atoms with Crippen LogP contribution in [0.25, 0.3) is 0 Å². The SMILES string of the molecule is CCCNC(=O)[C@@H](CC)N(Cc1cccc(OC)c1)C(=O)CN(c1cc(C)ccc1C)S(=O)(=O)c1ccc(C)cc1. The molecule has 3 aromatic rings. The molecule has 41 heavy (non-hydrogen) atoms. The van der Waals surface area contributed by atoms with Gasteiger partial charge in [0.05, 0.1) is 17.7 Å². The number of aryl methyl sites for hydroxylation is 3. The number of carbonyl (C=O) groups is 2. The molecular formula is C32H41N3O5S. The maximum Gasteiger partial charge on any atom is 0.264 e. The lowest BCUT2D eigenvalue weighted by molar-refractivity contribution is -0.140. The molecule has 0 spiro atoms. The molecule has 9 heteroatoms. The van der Waals surface area contributed by atoms with E-state index < -0.39 is 28.5 Å². The highest BCUT2D eigenvalue weighted by atomic mass is 32.2. The standard InChI is InChI=1S/C32H41N3O5S/c1-7-18-33-32(37)29(8-2)34(21-26-10-9-11-27(20-26)40-6)31(36)22-35(30-19-24(4)12-15-25(30)5)41(38,39)28-16-13-23(3)14-17-28/h9-17,19-20,29H,7-8,18,21-22H2,1-6H3,(H,33,37)/t29-/m1/s1. The number of amides is 2. The Labute approximate surface area is 244 Å². The minimum absolute atomic E-state index is 0.0869. The summed E-state index contributed by atoms with van der Waals surface area (Å²) in [6.45, 7) is 9.49. The van der Waals surface area contributed by atoms with E-state index in [0.29, 0.717) is 30.0 Å². The highest BCUT2D eigenvalue weighted by Crippen LogP contribution is 2.29. The largest absolute Gasteiger partial charge is 0.497 e. The van der Waals surface area contributed by atoms with Crippen LogP contribution in [0.4, 0.5) is 5.69 Å². The fourth-order valence-corrected chi connectivity index (χ4v) is 6.06. The van der Waals surface area contributed by atoms with Crippen LogP contribution in [0.5, 0.6) is 5.75 Å². The molecule has 3 aromatic carbocycles. The Kier molecular flexibility index (Phi) is 10.9. The normalized spacial score (nSPS) is 12.0. The second kappa shape index (κ2) is 14.2. The van der Waals surface area contributed by atoms with E-state index in [1.54, 1.807) is 43.5 Å². The quantitative estimate of drug-likeness (QED) is 0.302. The molecule has 0 heterocycles. The molecule has 0 aromatic heterocycles. The molecular weight excluding hydrogens is 538 g/mol. The van der Waals surface area contributed by atoms with E-state index in [1.165, 1.54) is 4.90 Å². The summed E-state index contributed by atoms with van der Waals surface area (Å²) in [5, 5.41) is 2.90. The third kappa shape index (κ3) is 7.88. The molecule has 0 saturated heterocycles. The van der Waals surface area contributed by atoms with Crippen molar-refractivity contribution >= 4 is 27.5 Å². The van der Waals surface area contributed by atoms with Crippen molar-refractivity contribution in [1.82, 2.24) is 10.2 Å². The van der Waals surface area contributed by atoms with Crippen LogP contribution in [0, 0.1) is 20.8 Å². The van der Waals surface area contributed by atoms with Crippen molar-refractivity contribution < 1.29 is 22.7 Å². The second-order valence-corrected chi connectivity index (χ2v) is 12.1. The number of hydrogen-bond acceptors (Lipinski definition) is 5. The van der Waals surface area contributed by atoms with E-state index in [0.717, 1.165) is 27.4 Å². The van der Waals surface area contributed by atoms with Crippen molar-refractivity contribution in [2.75, 3.05) is 24.5 Å². The smallest absolute Gasteiger partial charge is 0.264 e. The third-order valence-electron chi connectivity index (χ3n) is 6.94. The van der Waals surface area contributed by atoms with Gasteiger partial charge in [-0.15, -0.1) is 0 Å². The Morgan fingerprint density at radius 2 is 1.61 bits per heavy atom. The van der Waals surface area contributed by atoms with Gasteiger partial charge >= 0.3 is 0 Å². The molecule has 3 rings (SSSR count). The van der Waals surface area contributed by atoms with E-state index in [9.17, 15) is 18.0 Å². The van der Waals surface area contributed by atoms with Crippen molar-refractivity contribution in [3.8, 4) is 5.75 Å². The third-order valence-corrected chi connectivity index (χ3v) is 8.72. The number of ether oxygens (including phenoxy) is 1. The monoisotopic (exact) mass is 579 g/mol. The molecule has 0 bridgehead atoms. The molecule has 1 atom stereocenters. The predicted octanol–water partition coefficient (Wildman–Crippen LogP) is 5.15. The van der Waals surface area contributed by atoms with Crippen LogP contribution in [0.2, 0.25) is 0 Å². The van der Waals surface area contributed by atoms with E-state index in [4.69, 9.17) is 4.74 Å². The Morgan fingerprint density at radius 3 is 2.24 bits per heavy atom. The van der Waals surface area contributed by atoms with Crippen molar-refractivity contribution in [2.45, 2.75) is 64.9 Å². The van der Waals surface area contributed by atoms with Gasteiger partial charge in [0.15, 0.2) is 0 Å². The van der Waals surface area contributed by atoms with Gasteiger partial charge in [-0.2, -0.15) is 0 Å². The molecule has 220 valence electrons. The first kappa shape index (κ1) is 31.7. The number of rotatable bonds is 13. The van der Waals surface area contributed by atoms with Crippen LogP contribution in [-0.4, -0.2) is 51.4 Å². The molecule has 0 fully saturated rings. The number of nitrogens with one attached hydrogen (secondary N) is 1. The van der Waals surface area contributed by atoms with Crippen LogP contribution >= 0.6 is 0 Å². The summed E-state index contributed by atoms with van der Waals surface area (Å²) in [5.74, 6) is -0.134. The second-order valence-electron chi connectivity index (χ2n) is 10.2. The average Bonchev–Trinajstić information content (AvgIpc) is 2.96. The first-order chi connectivity index (χ1) is 19.5. The Balaban J connectivity index is 2.10. The fourth-order valence-electron chi connectivity index (χ4n) is 4.59. The Hall–Kier alpha value is -3.85. The lowest BCUT2D eigenvalue weighted by atomic mass is 10.1. The molecule has 2 amide bonds. The topological polar surface area (TPSA) is 96.0 Å². The zero-order valence-corrected chi connectivity index (χ0v) is 25.6. The van der Waals surface area contributed by atoms with Gasteiger partial charge < -0.3 is 15.0 Å². The summed E-state index contributed by atoms with van der Waals surface area (Å²) >= 11 is 0. The first-order valence-corrected chi connectivity index (χ1v) is 15.3. The zero-order chi connectivity index (χ0) is 30.2. The van der Waals surface area contributed by atoms with Crippen LogP contribution in [0.1, 0.15) is 48.9 Å². The van der Waals surface area contributed by atoms with Crippen molar-refractivity contribution in [3.05, 3.63) is 89.0 Å². The minimum atomic E-state index is -4.12. The molecule has 0 aliphatic carbocycles. The van der Waals surface area contributed by atoms with Crippen molar-refractivity contribution in [2.24, 2.45) is 0 Å². The summed E-state index contributed by atoms with van der Waals surface area (Å²) in [6.07, 6.45) is 1.11. The number of sulfonamides is 1. The van der Waals surface area contributed by atoms with Gasteiger partial charge in [0.1, 0.15) is 18.3 Å². The van der Waals surface area contributed by atoms with E-state index in [-0.39, 0.29) is 17.3 Å². The van der Waals surface area contributed by atoms with Gasteiger partial charge in [-0.05, 0) is 80.6 Å². The highest BCUT2D eigenvalue weighted by Gasteiger charge is 2.34. The number of methoxy groups -OCH3 is 1. The highest BCUT2D eigenvalue weighted by molar-refractivity contribution is 7.92. The fraction of sp³-hybridized carbons (Fsp3) is 0.375. The van der Waals surface area contributed by atoms with Crippen LogP contribution < -0.4 is 14.4 Å². The predicted molar refractivity (Wildman–Crippen MR) is 163 cm³/mol. The Morgan fingerprint density at radius 1 is 0.927 bits per heavy atom. The number of hydrogen-bond donors (Lipinski definition) is 1. The van der Waals surface area contributed by atoms with Gasteiger partial charge in [-0.3, -0.25) is 13.9 Å². The van der Waals surface area contributed by atoms with E-state index in [1.807, 2.05) is 65.0 Å². The summed E-state index contributed by atoms with van der Waals surface area (Å²) in [6, 6.07) is 18.6. The molecule has 0 aliphatic heterocycles. The summed E-state index contributed by atoms with van der Waals surface area (Å²) in [4.78, 5) is 29.0. The summed E-state index contributed by atoms with van der Waals surface area (Å²) < 4.78 is 34.7. The maximum absolute atomic E-state index is 14.2. The van der Waals surface area contributed by atoms with Crippen molar-refractivity contribution in [1.29, 1.82) is 0 Å². The van der Waals surface area contributed by atoms with Crippen molar-refractivity contribution in [3.63, 3.8) is 0 Å².